The van der Waals surface area contributed by atoms with Crippen LogP contribution >= 0.6 is 0 Å². The number of carbonyl (C=O) groups excluding carboxylic acids is 2. The van der Waals surface area contributed by atoms with E-state index in [1.54, 1.807) is 0 Å². The number of nitrogens with zero attached hydrogens (tertiary/aromatic N) is 1. The fraction of sp³-hybridized carbons (Fsp3) is 0.600. The van der Waals surface area contributed by atoms with E-state index >= 15 is 0 Å². The third-order valence-corrected chi connectivity index (χ3v) is 1.16. The molecule has 2 N–H and O–H groups in total. The number of β-lactam (4-membered cyclic amide) rings is 1. The Bertz CT molecular complexity index is 180. The van der Waals surface area contributed by atoms with E-state index in [1.165, 1.54) is 6.92 Å². The minimum atomic E-state index is -0.500. The van der Waals surface area contributed by atoms with E-state index in [0.29, 0.717) is 6.54 Å². The maximum atomic E-state index is 10.6. The average Bonchev–Trinajstić information content (AvgIpc) is 1.86. The van der Waals surface area contributed by atoms with Crippen molar-refractivity contribution >= 4 is 11.9 Å². The van der Waals surface area contributed by atoms with Crippen LogP contribution < -0.4 is 5.73 Å². The normalized spacial score (nSPS) is 24.0. The summed E-state index contributed by atoms with van der Waals surface area (Å²) in [5.74, 6) is -0.838. The minimum absolute atomic E-state index is 0.304. The van der Waals surface area contributed by atoms with E-state index in [-0.39, 0.29) is 5.91 Å². The molecule has 1 saturated heterocycles. The molecule has 0 saturated carbocycles. The topological polar surface area (TPSA) is 72.6 Å². The van der Waals surface area contributed by atoms with E-state index in [9.17, 15) is 9.59 Å². The Morgan fingerprint density at radius 2 is 2.50 bits per heavy atom. The van der Waals surface area contributed by atoms with Crippen molar-refractivity contribution in [3.8, 4) is 0 Å². The molecule has 0 bridgehead atoms. The molecule has 0 spiro atoms. The molecule has 0 aliphatic carbocycles. The lowest BCUT2D eigenvalue weighted by molar-refractivity contribution is -0.213. The van der Waals surface area contributed by atoms with Gasteiger partial charge in [-0.05, 0) is 0 Å². The first-order valence-corrected chi connectivity index (χ1v) is 2.87. The highest BCUT2D eigenvalue weighted by atomic mass is 16.7. The van der Waals surface area contributed by atoms with Gasteiger partial charge < -0.3 is 10.6 Å². The third-order valence-electron chi connectivity index (χ3n) is 1.16. The molecule has 0 aromatic rings. The molecule has 0 aromatic heterocycles. The maximum Gasteiger partial charge on any atom is 0.329 e. The molecule has 1 aliphatic heterocycles. The number of hydrogen-bond donors (Lipinski definition) is 1. The van der Waals surface area contributed by atoms with Crippen LogP contribution in [-0.2, 0) is 14.4 Å². The second-order valence-electron chi connectivity index (χ2n) is 2.09. The van der Waals surface area contributed by atoms with Gasteiger partial charge in [-0.1, -0.05) is 0 Å². The zero-order valence-electron chi connectivity index (χ0n) is 5.53. The number of hydrogen-bond acceptors (Lipinski definition) is 4. The average molecular weight is 144 g/mol. The monoisotopic (exact) mass is 144 g/mol. The van der Waals surface area contributed by atoms with Crippen molar-refractivity contribution in [1.29, 1.82) is 0 Å². The van der Waals surface area contributed by atoms with Crippen LogP contribution in [0.2, 0.25) is 0 Å². The van der Waals surface area contributed by atoms with Gasteiger partial charge in [0.2, 0.25) is 0 Å². The van der Waals surface area contributed by atoms with Gasteiger partial charge in [0, 0.05) is 6.92 Å². The van der Waals surface area contributed by atoms with Gasteiger partial charge >= 0.3 is 5.97 Å². The standard InChI is InChI=1S/C5H8N2O3/c1-3(8)10-7-2-4(6)5(7)9/h4H,2,6H2,1H3. The Balaban J connectivity index is 2.34. The summed E-state index contributed by atoms with van der Waals surface area (Å²) in [5.41, 5.74) is 5.21. The molecule has 1 heterocycles. The van der Waals surface area contributed by atoms with Crippen LogP contribution in [0.15, 0.2) is 0 Å². The van der Waals surface area contributed by atoms with Crippen LogP contribution in [0.1, 0.15) is 6.92 Å². The highest BCUT2D eigenvalue weighted by Crippen LogP contribution is 2.07. The molecule has 1 atom stereocenters. The fourth-order valence-electron chi connectivity index (χ4n) is 0.657. The maximum absolute atomic E-state index is 10.6. The zero-order chi connectivity index (χ0) is 7.72. The van der Waals surface area contributed by atoms with Crippen molar-refractivity contribution in [3.63, 3.8) is 0 Å². The summed E-state index contributed by atoms with van der Waals surface area (Å²) >= 11 is 0. The van der Waals surface area contributed by atoms with Crippen molar-refractivity contribution in [3.05, 3.63) is 0 Å². The van der Waals surface area contributed by atoms with E-state index in [1.807, 2.05) is 0 Å². The lowest BCUT2D eigenvalue weighted by Crippen LogP contribution is -2.60. The van der Waals surface area contributed by atoms with Gasteiger partial charge in [-0.3, -0.25) is 9.59 Å². The summed E-state index contributed by atoms with van der Waals surface area (Å²) < 4.78 is 0. The second kappa shape index (κ2) is 2.26. The van der Waals surface area contributed by atoms with Gasteiger partial charge in [0.1, 0.15) is 6.04 Å². The predicted octanol–water partition coefficient (Wildman–Crippen LogP) is -1.37. The van der Waals surface area contributed by atoms with Gasteiger partial charge in [-0.25, -0.2) is 0 Å². The molecular formula is C5H8N2O3. The molecule has 56 valence electrons. The third kappa shape index (κ3) is 1.08. The molecule has 0 aromatic carbocycles. The van der Waals surface area contributed by atoms with Gasteiger partial charge in [0.25, 0.3) is 5.91 Å². The quantitative estimate of drug-likeness (QED) is 0.461. The van der Waals surface area contributed by atoms with Crippen molar-refractivity contribution in [2.75, 3.05) is 6.54 Å². The summed E-state index contributed by atoms with van der Waals surface area (Å²) in [5, 5.41) is 0.951. The Labute approximate surface area is 57.7 Å². The van der Waals surface area contributed by atoms with Crippen LogP contribution in [0.5, 0.6) is 0 Å². The van der Waals surface area contributed by atoms with Gasteiger partial charge in [0.05, 0.1) is 6.54 Å². The molecule has 5 heteroatoms. The Morgan fingerprint density at radius 1 is 1.90 bits per heavy atom. The smallest absolute Gasteiger partial charge is 0.329 e. The van der Waals surface area contributed by atoms with E-state index in [4.69, 9.17) is 5.73 Å². The first kappa shape index (κ1) is 7.01. The molecule has 5 nitrogen and oxygen atoms in total. The Kier molecular flexibility index (Phi) is 1.58. The molecule has 0 radical (unpaired) electrons. The fourth-order valence-corrected chi connectivity index (χ4v) is 0.657. The van der Waals surface area contributed by atoms with Crippen LogP contribution in [0.25, 0.3) is 0 Å². The first-order valence-electron chi connectivity index (χ1n) is 2.87. The van der Waals surface area contributed by atoms with Crippen molar-refractivity contribution in [2.24, 2.45) is 5.73 Å². The summed E-state index contributed by atoms with van der Waals surface area (Å²) in [7, 11) is 0. The Morgan fingerprint density at radius 3 is 2.80 bits per heavy atom. The van der Waals surface area contributed by atoms with Crippen molar-refractivity contribution < 1.29 is 14.4 Å². The van der Waals surface area contributed by atoms with Gasteiger partial charge in [-0.15, -0.1) is 0 Å². The Hall–Kier alpha value is -1.10. The molecule has 1 fully saturated rings. The minimum Gasteiger partial charge on any atom is -0.338 e. The van der Waals surface area contributed by atoms with E-state index in [0.717, 1.165) is 5.06 Å². The largest absolute Gasteiger partial charge is 0.338 e. The lowest BCUT2D eigenvalue weighted by Gasteiger charge is -2.32. The van der Waals surface area contributed by atoms with Gasteiger partial charge in [0.15, 0.2) is 0 Å². The van der Waals surface area contributed by atoms with Gasteiger partial charge in [-0.2, -0.15) is 5.06 Å². The number of hydroxylamine groups is 2. The first-order chi connectivity index (χ1) is 4.61. The van der Waals surface area contributed by atoms with E-state index in [2.05, 4.69) is 4.84 Å². The van der Waals surface area contributed by atoms with Crippen molar-refractivity contribution in [2.45, 2.75) is 13.0 Å². The number of carbonyl (C=O) groups is 2. The summed E-state index contributed by atoms with van der Waals surface area (Å²) in [6.07, 6.45) is 0. The molecule has 1 unspecified atom stereocenters. The number of rotatable bonds is 1. The molecular weight excluding hydrogens is 136 g/mol. The highest BCUT2D eigenvalue weighted by molar-refractivity contribution is 5.87. The van der Waals surface area contributed by atoms with Crippen LogP contribution in [-0.4, -0.2) is 29.5 Å². The molecule has 1 amide bonds. The molecule has 1 rings (SSSR count). The SMILES string of the molecule is CC(=O)ON1CC(N)C1=O. The van der Waals surface area contributed by atoms with E-state index < -0.39 is 12.0 Å². The predicted molar refractivity (Wildman–Crippen MR) is 31.5 cm³/mol. The summed E-state index contributed by atoms with van der Waals surface area (Å²) in [6, 6.07) is -0.487. The highest BCUT2D eigenvalue weighted by Gasteiger charge is 2.36. The number of amides is 1. The number of nitrogens with two attached hydrogens (primary N) is 1. The van der Waals surface area contributed by atoms with Crippen LogP contribution in [0.3, 0.4) is 0 Å². The second-order valence-corrected chi connectivity index (χ2v) is 2.09. The lowest BCUT2D eigenvalue weighted by atomic mass is 10.2. The molecule has 10 heavy (non-hydrogen) atoms. The van der Waals surface area contributed by atoms with Crippen LogP contribution in [0.4, 0.5) is 0 Å². The summed E-state index contributed by atoms with van der Waals surface area (Å²) in [6.45, 7) is 1.54. The zero-order valence-corrected chi connectivity index (χ0v) is 5.53. The van der Waals surface area contributed by atoms with Crippen molar-refractivity contribution in [1.82, 2.24) is 5.06 Å². The molecule has 1 aliphatic rings. The summed E-state index contributed by atoms with van der Waals surface area (Å²) in [4.78, 5) is 25.3. The van der Waals surface area contributed by atoms with Crippen LogP contribution in [0, 0.1) is 0 Å².